The van der Waals surface area contributed by atoms with Gasteiger partial charge in [0.2, 0.25) is 5.91 Å². The van der Waals surface area contributed by atoms with Gasteiger partial charge in [0.05, 0.1) is 6.54 Å². The van der Waals surface area contributed by atoms with Crippen LogP contribution in [-0.2, 0) is 16.1 Å². The zero-order valence-electron chi connectivity index (χ0n) is 11.6. The zero-order chi connectivity index (χ0) is 14.5. The fraction of sp³-hybridized carbons (Fsp3) is 0.467. The van der Waals surface area contributed by atoms with Gasteiger partial charge in [-0.2, -0.15) is 0 Å². The van der Waals surface area contributed by atoms with Crippen molar-refractivity contribution in [3.05, 3.63) is 29.8 Å². The first-order valence-corrected chi connectivity index (χ1v) is 6.83. The van der Waals surface area contributed by atoms with Crippen LogP contribution in [0.2, 0.25) is 0 Å². The smallest absolute Gasteiger partial charge is 0.317 e. The lowest BCUT2D eigenvalue weighted by molar-refractivity contribution is -0.138. The van der Waals surface area contributed by atoms with Crippen LogP contribution in [0.3, 0.4) is 0 Å². The summed E-state index contributed by atoms with van der Waals surface area (Å²) >= 11 is 0. The molecule has 1 aliphatic carbocycles. The van der Waals surface area contributed by atoms with E-state index in [0.717, 1.165) is 17.8 Å². The summed E-state index contributed by atoms with van der Waals surface area (Å²) in [6.07, 6.45) is 2.41. The largest absolute Gasteiger partial charge is 0.480 e. The number of aliphatic carboxylic acids is 1. The topological polar surface area (TPSA) is 69.6 Å². The molecule has 0 unspecified atom stereocenters. The van der Waals surface area contributed by atoms with E-state index in [1.807, 2.05) is 29.2 Å². The van der Waals surface area contributed by atoms with Crippen LogP contribution in [0.25, 0.3) is 0 Å². The second kappa shape index (κ2) is 6.52. The molecule has 1 aromatic carbocycles. The van der Waals surface area contributed by atoms with Crippen LogP contribution in [0.15, 0.2) is 24.3 Å². The minimum atomic E-state index is -0.791. The SMILES string of the molecule is CC(=O)Nc1ccc(CN(CC(=O)O)CC2CC2)cc1. The molecule has 20 heavy (non-hydrogen) atoms. The van der Waals surface area contributed by atoms with Crippen molar-refractivity contribution in [2.24, 2.45) is 5.92 Å². The Morgan fingerprint density at radius 2 is 1.95 bits per heavy atom. The summed E-state index contributed by atoms with van der Waals surface area (Å²) in [6.45, 7) is 3.02. The van der Waals surface area contributed by atoms with Crippen molar-refractivity contribution in [3.8, 4) is 0 Å². The standard InChI is InChI=1S/C15H20N2O3/c1-11(18)16-14-6-4-13(5-7-14)9-17(10-15(19)20)8-12-2-3-12/h4-7,12H,2-3,8-10H2,1H3,(H,16,18)(H,19,20). The molecule has 0 atom stereocenters. The molecule has 5 nitrogen and oxygen atoms in total. The van der Waals surface area contributed by atoms with E-state index in [4.69, 9.17) is 5.11 Å². The molecule has 1 aromatic rings. The highest BCUT2D eigenvalue weighted by Crippen LogP contribution is 2.30. The summed E-state index contributed by atoms with van der Waals surface area (Å²) in [4.78, 5) is 23.8. The predicted octanol–water partition coefficient (Wildman–Crippen LogP) is 1.94. The van der Waals surface area contributed by atoms with Gasteiger partial charge < -0.3 is 10.4 Å². The number of nitrogens with zero attached hydrogens (tertiary/aromatic N) is 1. The summed E-state index contributed by atoms with van der Waals surface area (Å²) in [5.74, 6) is -0.229. The summed E-state index contributed by atoms with van der Waals surface area (Å²) in [5.41, 5.74) is 1.81. The average Bonchev–Trinajstić information content (AvgIpc) is 3.14. The molecule has 0 radical (unpaired) electrons. The molecule has 2 N–H and O–H groups in total. The number of carboxylic acid groups (broad SMARTS) is 1. The molecule has 1 aliphatic rings. The lowest BCUT2D eigenvalue weighted by atomic mass is 10.2. The molecular weight excluding hydrogens is 256 g/mol. The highest BCUT2D eigenvalue weighted by Gasteiger charge is 2.25. The first kappa shape index (κ1) is 14.5. The van der Waals surface area contributed by atoms with Gasteiger partial charge in [-0.25, -0.2) is 0 Å². The molecular formula is C15H20N2O3. The molecule has 0 aromatic heterocycles. The number of nitrogens with one attached hydrogen (secondary N) is 1. The Bertz CT molecular complexity index is 480. The Balaban J connectivity index is 1.94. The second-order valence-electron chi connectivity index (χ2n) is 5.38. The average molecular weight is 276 g/mol. The van der Waals surface area contributed by atoms with Gasteiger partial charge in [0, 0.05) is 25.7 Å². The van der Waals surface area contributed by atoms with Crippen molar-refractivity contribution in [3.63, 3.8) is 0 Å². The van der Waals surface area contributed by atoms with E-state index in [0.29, 0.717) is 12.5 Å². The van der Waals surface area contributed by atoms with Crippen molar-refractivity contribution < 1.29 is 14.7 Å². The molecule has 2 rings (SSSR count). The Morgan fingerprint density at radius 3 is 2.45 bits per heavy atom. The molecule has 1 amide bonds. The summed E-state index contributed by atoms with van der Waals surface area (Å²) in [6, 6.07) is 7.53. The van der Waals surface area contributed by atoms with Gasteiger partial charge in [-0.3, -0.25) is 14.5 Å². The zero-order valence-corrected chi connectivity index (χ0v) is 11.6. The fourth-order valence-electron chi connectivity index (χ4n) is 2.20. The van der Waals surface area contributed by atoms with Crippen molar-refractivity contribution in [2.45, 2.75) is 26.3 Å². The highest BCUT2D eigenvalue weighted by atomic mass is 16.4. The van der Waals surface area contributed by atoms with Gasteiger partial charge in [0.15, 0.2) is 0 Å². The fourth-order valence-corrected chi connectivity index (χ4v) is 2.20. The maximum Gasteiger partial charge on any atom is 0.317 e. The number of anilines is 1. The molecule has 0 heterocycles. The highest BCUT2D eigenvalue weighted by molar-refractivity contribution is 5.88. The molecule has 5 heteroatoms. The number of benzene rings is 1. The number of hydrogen-bond acceptors (Lipinski definition) is 3. The van der Waals surface area contributed by atoms with Crippen molar-refractivity contribution in [2.75, 3.05) is 18.4 Å². The van der Waals surface area contributed by atoms with Gasteiger partial charge in [-0.15, -0.1) is 0 Å². The van der Waals surface area contributed by atoms with E-state index < -0.39 is 5.97 Å². The lowest BCUT2D eigenvalue weighted by Gasteiger charge is -2.20. The molecule has 0 saturated heterocycles. The predicted molar refractivity (Wildman–Crippen MR) is 76.4 cm³/mol. The monoisotopic (exact) mass is 276 g/mol. The third-order valence-corrected chi connectivity index (χ3v) is 3.25. The minimum absolute atomic E-state index is 0.0734. The van der Waals surface area contributed by atoms with Crippen molar-refractivity contribution in [1.29, 1.82) is 0 Å². The molecule has 1 fully saturated rings. The third-order valence-electron chi connectivity index (χ3n) is 3.25. The summed E-state index contributed by atoms with van der Waals surface area (Å²) in [7, 11) is 0. The van der Waals surface area contributed by atoms with Gasteiger partial charge in [0.1, 0.15) is 0 Å². The van der Waals surface area contributed by atoms with Crippen molar-refractivity contribution >= 4 is 17.6 Å². The number of rotatable bonds is 7. The van der Waals surface area contributed by atoms with Crippen LogP contribution in [-0.4, -0.2) is 35.0 Å². The van der Waals surface area contributed by atoms with Crippen molar-refractivity contribution in [1.82, 2.24) is 4.90 Å². The third kappa shape index (κ3) is 5.01. The van der Waals surface area contributed by atoms with Crippen LogP contribution in [0.5, 0.6) is 0 Å². The minimum Gasteiger partial charge on any atom is -0.480 e. The Hall–Kier alpha value is -1.88. The molecule has 0 spiro atoms. The summed E-state index contributed by atoms with van der Waals surface area (Å²) < 4.78 is 0. The van der Waals surface area contributed by atoms with Crippen LogP contribution in [0, 0.1) is 5.92 Å². The molecule has 0 bridgehead atoms. The maximum absolute atomic E-state index is 10.9. The number of hydrogen-bond donors (Lipinski definition) is 2. The molecule has 108 valence electrons. The van der Waals surface area contributed by atoms with E-state index in [2.05, 4.69) is 5.32 Å². The van der Waals surface area contributed by atoms with Gasteiger partial charge in [0.25, 0.3) is 0 Å². The second-order valence-corrected chi connectivity index (χ2v) is 5.38. The van der Waals surface area contributed by atoms with E-state index in [9.17, 15) is 9.59 Å². The first-order valence-electron chi connectivity index (χ1n) is 6.83. The number of carbonyl (C=O) groups excluding carboxylic acids is 1. The number of carbonyl (C=O) groups is 2. The van der Waals surface area contributed by atoms with Crippen LogP contribution >= 0.6 is 0 Å². The molecule has 0 aliphatic heterocycles. The first-order chi connectivity index (χ1) is 9.52. The lowest BCUT2D eigenvalue weighted by Crippen LogP contribution is -2.31. The Kier molecular flexibility index (Phi) is 4.74. The Morgan fingerprint density at radius 1 is 1.30 bits per heavy atom. The van der Waals surface area contributed by atoms with Gasteiger partial charge in [-0.1, -0.05) is 12.1 Å². The maximum atomic E-state index is 10.9. The normalized spacial score (nSPS) is 14.3. The number of amides is 1. The van der Waals surface area contributed by atoms with Gasteiger partial charge >= 0.3 is 5.97 Å². The van der Waals surface area contributed by atoms with Crippen LogP contribution in [0.4, 0.5) is 5.69 Å². The Labute approximate surface area is 118 Å². The van der Waals surface area contributed by atoms with E-state index >= 15 is 0 Å². The van der Waals surface area contributed by atoms with E-state index in [-0.39, 0.29) is 12.5 Å². The van der Waals surface area contributed by atoms with Crippen LogP contribution < -0.4 is 5.32 Å². The van der Waals surface area contributed by atoms with Gasteiger partial charge in [-0.05, 0) is 36.5 Å². The van der Waals surface area contributed by atoms with E-state index in [1.54, 1.807) is 0 Å². The van der Waals surface area contributed by atoms with Crippen LogP contribution in [0.1, 0.15) is 25.3 Å². The number of carboxylic acids is 1. The summed E-state index contributed by atoms with van der Waals surface area (Å²) in [5, 5.41) is 11.7. The van der Waals surface area contributed by atoms with E-state index in [1.165, 1.54) is 19.8 Å². The molecule has 1 saturated carbocycles. The quantitative estimate of drug-likeness (QED) is 0.798.